The number of methoxy groups -OCH3 is 1. The Kier molecular flexibility index (Phi) is 5.14. The quantitative estimate of drug-likeness (QED) is 0.357. The third-order valence-corrected chi connectivity index (χ3v) is 9.02. The highest BCUT2D eigenvalue weighted by Crippen LogP contribution is 2.58. The first-order valence-electron chi connectivity index (χ1n) is 13.4. The van der Waals surface area contributed by atoms with Gasteiger partial charge in [-0.3, -0.25) is 19.2 Å². The molecule has 4 atom stereocenters. The van der Waals surface area contributed by atoms with E-state index in [1.54, 1.807) is 6.92 Å². The van der Waals surface area contributed by atoms with Crippen molar-refractivity contribution in [3.63, 3.8) is 0 Å². The lowest BCUT2D eigenvalue weighted by Crippen LogP contribution is -2.58. The summed E-state index contributed by atoms with van der Waals surface area (Å²) in [6.45, 7) is 1.68. The van der Waals surface area contributed by atoms with E-state index in [4.69, 9.17) is 14.2 Å². The Morgan fingerprint density at radius 3 is 2.45 bits per heavy atom. The van der Waals surface area contributed by atoms with Crippen molar-refractivity contribution in [2.45, 2.75) is 50.2 Å². The number of hydrogen-bond acceptors (Lipinski definition) is 11. The first-order valence-corrected chi connectivity index (χ1v) is 13.4. The van der Waals surface area contributed by atoms with E-state index >= 15 is 0 Å². The molecule has 0 aromatic heterocycles. The summed E-state index contributed by atoms with van der Waals surface area (Å²) in [5.74, 6) is -6.25. The lowest BCUT2D eigenvalue weighted by atomic mass is 9.62. The Morgan fingerprint density at radius 2 is 1.76 bits per heavy atom. The maximum Gasteiger partial charge on any atom is 0.354 e. The second-order valence-electron chi connectivity index (χ2n) is 11.4. The molecule has 11 heteroatoms. The minimum atomic E-state index is -2.08. The van der Waals surface area contributed by atoms with Crippen molar-refractivity contribution < 1.29 is 53.5 Å². The molecule has 2 heterocycles. The van der Waals surface area contributed by atoms with E-state index in [2.05, 4.69) is 0 Å². The van der Waals surface area contributed by atoms with Crippen molar-refractivity contribution in [2.75, 3.05) is 7.11 Å². The molecular formula is C31H24O11. The van der Waals surface area contributed by atoms with Crippen molar-refractivity contribution in [3.8, 4) is 17.2 Å². The predicted molar refractivity (Wildman–Crippen MR) is 141 cm³/mol. The van der Waals surface area contributed by atoms with Crippen molar-refractivity contribution in [1.29, 1.82) is 0 Å². The number of cyclic esters (lactones) is 1. The fourth-order valence-corrected chi connectivity index (χ4v) is 7.21. The van der Waals surface area contributed by atoms with Gasteiger partial charge in [0, 0.05) is 17.5 Å². The first kappa shape index (κ1) is 26.0. The number of phenolic OH excluding ortho intramolecular Hbond substituents is 2. The molecule has 6 aliphatic rings. The largest absolute Gasteiger partial charge is 0.507 e. The lowest BCUT2D eigenvalue weighted by Gasteiger charge is -2.40. The van der Waals surface area contributed by atoms with Gasteiger partial charge in [-0.1, -0.05) is 12.2 Å². The molecule has 42 heavy (non-hydrogen) atoms. The molecule has 2 aromatic carbocycles. The molecule has 11 nitrogen and oxygen atoms in total. The average molecular weight is 573 g/mol. The number of aryl methyl sites for hydroxylation is 1. The Bertz CT molecular complexity index is 1780. The van der Waals surface area contributed by atoms with Crippen molar-refractivity contribution in [1.82, 2.24) is 0 Å². The molecule has 0 radical (unpaired) electrons. The number of benzene rings is 2. The highest BCUT2D eigenvalue weighted by molar-refractivity contribution is 6.23. The van der Waals surface area contributed by atoms with Gasteiger partial charge in [0.05, 0.1) is 36.0 Å². The summed E-state index contributed by atoms with van der Waals surface area (Å²) in [7, 11) is 1.10. The van der Waals surface area contributed by atoms with Crippen LogP contribution >= 0.6 is 0 Å². The Balaban J connectivity index is 1.47. The van der Waals surface area contributed by atoms with Gasteiger partial charge in [-0.25, -0.2) is 4.79 Å². The van der Waals surface area contributed by atoms with E-state index in [0.717, 1.165) is 7.11 Å². The first-order chi connectivity index (χ1) is 19.9. The molecule has 0 saturated carbocycles. The summed E-state index contributed by atoms with van der Waals surface area (Å²) in [6, 6.07) is 4.19. The Hall–Kier alpha value is -4.93. The lowest BCUT2D eigenvalue weighted by molar-refractivity contribution is -0.175. The molecule has 214 valence electrons. The smallest absolute Gasteiger partial charge is 0.354 e. The topological polar surface area (TPSA) is 174 Å². The SMILES string of the molecule is COC(=O)C1(C2CCC(=O)O2)CC(=O)c2c(O)cc3c(c2O1)C1C=CC2(C3)C(=O)c3cc(C)cc(O)c3C(O)=C2C1=O. The van der Waals surface area contributed by atoms with E-state index in [-0.39, 0.29) is 64.2 Å². The number of aliphatic hydroxyl groups excluding tert-OH is 1. The number of Topliss-reactive ketones (excluding diaryl/α,β-unsaturated/α-hetero) is 3. The van der Waals surface area contributed by atoms with Gasteiger partial charge in [0.2, 0.25) is 5.60 Å². The third-order valence-electron chi connectivity index (χ3n) is 9.02. The zero-order valence-corrected chi connectivity index (χ0v) is 22.5. The summed E-state index contributed by atoms with van der Waals surface area (Å²) >= 11 is 0. The van der Waals surface area contributed by atoms with Gasteiger partial charge >= 0.3 is 11.9 Å². The molecule has 8 rings (SSSR count). The number of phenols is 2. The Labute approximate surface area is 238 Å². The number of rotatable bonds is 2. The number of aromatic hydroxyl groups is 2. The van der Waals surface area contributed by atoms with E-state index in [9.17, 15) is 39.3 Å². The minimum absolute atomic E-state index is 0.0131. The van der Waals surface area contributed by atoms with Crippen LogP contribution in [0.25, 0.3) is 5.76 Å². The molecular weight excluding hydrogens is 548 g/mol. The monoisotopic (exact) mass is 572 g/mol. The molecule has 0 amide bonds. The number of allylic oxidation sites excluding steroid dienone is 3. The summed E-state index contributed by atoms with van der Waals surface area (Å²) in [4.78, 5) is 67.1. The summed E-state index contributed by atoms with van der Waals surface area (Å²) < 4.78 is 16.6. The van der Waals surface area contributed by atoms with Crippen LogP contribution in [0, 0.1) is 12.3 Å². The summed E-state index contributed by atoms with van der Waals surface area (Å²) in [5.41, 5.74) is -3.35. The van der Waals surface area contributed by atoms with E-state index < -0.39 is 70.3 Å². The van der Waals surface area contributed by atoms with Crippen LogP contribution in [0.2, 0.25) is 0 Å². The van der Waals surface area contributed by atoms with Crippen LogP contribution in [0.3, 0.4) is 0 Å². The number of aliphatic hydroxyl groups is 1. The highest BCUT2D eigenvalue weighted by atomic mass is 16.6. The normalized spacial score (nSPS) is 28.8. The van der Waals surface area contributed by atoms with Gasteiger partial charge in [-0.2, -0.15) is 0 Å². The van der Waals surface area contributed by atoms with Crippen molar-refractivity contribution in [3.05, 3.63) is 69.3 Å². The standard InChI is InChI=1S/C31H24O11/c1-12-7-15-22(16(32)8-12)26(37)24-25(36)14-5-6-30(24,28(15)38)10-13-9-17(33)23-18(34)11-31(29(39)40-2,42-27(23)21(13)14)19-3-4-20(35)41-19/h5-9,14,19,32-33,37H,3-4,10-11H2,1-2H3. The molecule has 2 aromatic rings. The van der Waals surface area contributed by atoms with Crippen LogP contribution in [0.15, 0.2) is 35.9 Å². The van der Waals surface area contributed by atoms with Crippen LogP contribution in [-0.2, 0) is 30.3 Å². The van der Waals surface area contributed by atoms with Gasteiger partial charge in [-0.05, 0) is 49.1 Å². The summed E-state index contributed by atoms with van der Waals surface area (Å²) in [5, 5.41) is 33.1. The number of ketones is 3. The molecule has 1 spiro atoms. The van der Waals surface area contributed by atoms with E-state index in [0.29, 0.717) is 5.56 Å². The average Bonchev–Trinajstić information content (AvgIpc) is 3.26. The van der Waals surface area contributed by atoms with Gasteiger partial charge in [-0.15, -0.1) is 0 Å². The van der Waals surface area contributed by atoms with Crippen LogP contribution < -0.4 is 4.74 Å². The van der Waals surface area contributed by atoms with E-state index in [1.807, 2.05) is 0 Å². The molecule has 1 fully saturated rings. The van der Waals surface area contributed by atoms with Gasteiger partial charge in [0.15, 0.2) is 23.5 Å². The molecule has 2 bridgehead atoms. The van der Waals surface area contributed by atoms with Crippen LogP contribution in [0.4, 0.5) is 0 Å². The van der Waals surface area contributed by atoms with E-state index in [1.165, 1.54) is 30.4 Å². The van der Waals surface area contributed by atoms with Crippen molar-refractivity contribution >= 4 is 35.0 Å². The number of esters is 2. The number of carbonyl (C=O) groups excluding carboxylic acids is 5. The van der Waals surface area contributed by atoms with Gasteiger partial charge < -0.3 is 29.5 Å². The maximum atomic E-state index is 14.2. The highest BCUT2D eigenvalue weighted by Gasteiger charge is 2.61. The fourth-order valence-electron chi connectivity index (χ4n) is 7.21. The molecule has 4 aliphatic carbocycles. The number of fused-ring (bicyclic) bond motifs is 2. The maximum absolute atomic E-state index is 14.2. The number of ether oxygens (including phenoxy) is 3. The number of hydrogen-bond donors (Lipinski definition) is 3. The van der Waals surface area contributed by atoms with Crippen LogP contribution in [-0.4, -0.2) is 63.4 Å². The summed E-state index contributed by atoms with van der Waals surface area (Å²) in [6.07, 6.45) is 1.11. The van der Waals surface area contributed by atoms with Crippen LogP contribution in [0.5, 0.6) is 17.2 Å². The number of carbonyl (C=O) groups is 5. The predicted octanol–water partition coefficient (Wildman–Crippen LogP) is 2.92. The van der Waals surface area contributed by atoms with Gasteiger partial charge in [0.25, 0.3) is 0 Å². The molecule has 2 aliphatic heterocycles. The Morgan fingerprint density at radius 1 is 1.02 bits per heavy atom. The molecule has 1 saturated heterocycles. The molecule has 3 N–H and O–H groups in total. The van der Waals surface area contributed by atoms with Crippen molar-refractivity contribution in [2.24, 2.45) is 5.41 Å². The zero-order chi connectivity index (χ0) is 29.9. The molecule has 4 unspecified atom stereocenters. The second-order valence-corrected chi connectivity index (χ2v) is 11.4. The zero-order valence-electron chi connectivity index (χ0n) is 22.5. The second kappa shape index (κ2) is 8.31. The van der Waals surface area contributed by atoms with Gasteiger partial charge in [0.1, 0.15) is 28.6 Å². The minimum Gasteiger partial charge on any atom is -0.507 e. The fraction of sp³-hybridized carbons (Fsp3) is 0.323. The van der Waals surface area contributed by atoms with Crippen LogP contribution in [0.1, 0.15) is 68.2 Å². The third kappa shape index (κ3) is 3.07.